The topological polar surface area (TPSA) is 46.2 Å². The summed E-state index contributed by atoms with van der Waals surface area (Å²) in [6.07, 6.45) is 0. The third-order valence-corrected chi connectivity index (χ3v) is 6.35. The molecule has 21 heavy (non-hydrogen) atoms. The van der Waals surface area contributed by atoms with Crippen molar-refractivity contribution in [3.63, 3.8) is 0 Å². The summed E-state index contributed by atoms with van der Waals surface area (Å²) in [4.78, 5) is -0.726. The minimum Gasteiger partial charge on any atom is -0.380 e. The Bertz CT molecular complexity index is 649. The Labute approximate surface area is 122 Å². The van der Waals surface area contributed by atoms with Gasteiger partial charge in [0.15, 0.2) is 0 Å². The number of benzene rings is 1. The minimum atomic E-state index is -5.36. The van der Waals surface area contributed by atoms with Crippen molar-refractivity contribution in [3.05, 3.63) is 24.3 Å². The van der Waals surface area contributed by atoms with Gasteiger partial charge in [0, 0.05) is 6.04 Å². The Hall–Kier alpha value is -1.24. The summed E-state index contributed by atoms with van der Waals surface area (Å²) in [6, 6.07) is 5.05. The van der Waals surface area contributed by atoms with E-state index in [1.807, 2.05) is 27.7 Å². The van der Waals surface area contributed by atoms with E-state index < -0.39 is 20.2 Å². The van der Waals surface area contributed by atoms with Gasteiger partial charge in [-0.3, -0.25) is 0 Å². The number of halogens is 3. The molecule has 0 atom stereocenters. The first-order chi connectivity index (χ1) is 9.33. The predicted molar refractivity (Wildman–Crippen MR) is 74.7 cm³/mol. The molecule has 0 spiro atoms. The number of nitrogens with one attached hydrogen (secondary N) is 1. The molecule has 7 heteroatoms. The van der Waals surface area contributed by atoms with Crippen molar-refractivity contribution in [1.82, 2.24) is 0 Å². The lowest BCUT2D eigenvalue weighted by Crippen LogP contribution is -2.25. The number of rotatable bonds is 3. The zero-order valence-electron chi connectivity index (χ0n) is 12.2. The molecular weight excluding hydrogens is 303 g/mol. The average molecular weight is 321 g/mol. The fourth-order valence-corrected chi connectivity index (χ4v) is 3.58. The predicted octanol–water partition coefficient (Wildman–Crippen LogP) is 3.83. The highest BCUT2D eigenvalue weighted by molar-refractivity contribution is 7.92. The zero-order valence-corrected chi connectivity index (χ0v) is 13.1. The van der Waals surface area contributed by atoms with Gasteiger partial charge in [-0.25, -0.2) is 8.42 Å². The highest BCUT2D eigenvalue weighted by Crippen LogP contribution is 2.64. The van der Waals surface area contributed by atoms with Gasteiger partial charge < -0.3 is 5.32 Å². The van der Waals surface area contributed by atoms with Crippen molar-refractivity contribution in [2.45, 2.75) is 44.1 Å². The zero-order chi connectivity index (χ0) is 16.3. The molecule has 1 aromatic carbocycles. The van der Waals surface area contributed by atoms with Crippen LogP contribution in [0.25, 0.3) is 0 Å². The number of hydrogen-bond acceptors (Lipinski definition) is 3. The highest BCUT2D eigenvalue weighted by Gasteiger charge is 2.65. The summed E-state index contributed by atoms with van der Waals surface area (Å²) >= 11 is 0. The van der Waals surface area contributed by atoms with Crippen LogP contribution in [0.2, 0.25) is 0 Å². The molecule has 1 aliphatic carbocycles. The Morgan fingerprint density at radius 1 is 1.05 bits per heavy atom. The molecule has 3 nitrogen and oxygen atoms in total. The van der Waals surface area contributed by atoms with E-state index in [1.54, 1.807) is 0 Å². The number of alkyl halides is 3. The summed E-state index contributed by atoms with van der Waals surface area (Å²) in [5.74, 6) is 0. The van der Waals surface area contributed by atoms with Crippen LogP contribution < -0.4 is 5.32 Å². The number of sulfone groups is 1. The maximum absolute atomic E-state index is 12.7. The molecule has 0 unspecified atom stereocenters. The molecule has 0 aliphatic heterocycles. The second-order valence-electron chi connectivity index (χ2n) is 6.47. The lowest BCUT2D eigenvalue weighted by Gasteiger charge is -2.15. The Morgan fingerprint density at radius 3 is 1.95 bits per heavy atom. The SMILES string of the molecule is CC1(C)C(Nc2ccccc2S(=O)(=O)C(F)(F)F)C1(C)C. The van der Waals surface area contributed by atoms with Crippen LogP contribution in [0.1, 0.15) is 27.7 Å². The number of hydrogen-bond donors (Lipinski definition) is 1. The maximum Gasteiger partial charge on any atom is 0.501 e. The van der Waals surface area contributed by atoms with Gasteiger partial charge in [0.2, 0.25) is 0 Å². The van der Waals surface area contributed by atoms with Gasteiger partial charge >= 0.3 is 5.51 Å². The fourth-order valence-electron chi connectivity index (χ4n) is 2.66. The molecule has 2 rings (SSSR count). The first kappa shape index (κ1) is 16.1. The second kappa shape index (κ2) is 4.38. The minimum absolute atomic E-state index is 0.00141. The molecule has 0 radical (unpaired) electrons. The summed E-state index contributed by atoms with van der Waals surface area (Å²) in [5, 5.41) is 2.96. The van der Waals surface area contributed by atoms with Crippen LogP contribution in [0, 0.1) is 10.8 Å². The summed E-state index contributed by atoms with van der Waals surface area (Å²) in [7, 11) is -5.36. The summed E-state index contributed by atoms with van der Waals surface area (Å²) in [5.41, 5.74) is -5.55. The van der Waals surface area contributed by atoms with Gasteiger partial charge in [0.25, 0.3) is 9.84 Å². The lowest BCUT2D eigenvalue weighted by molar-refractivity contribution is -0.0435. The van der Waals surface area contributed by atoms with E-state index in [0.717, 1.165) is 6.07 Å². The quantitative estimate of drug-likeness (QED) is 0.920. The molecule has 0 heterocycles. The van der Waals surface area contributed by atoms with Crippen molar-refractivity contribution in [3.8, 4) is 0 Å². The lowest BCUT2D eigenvalue weighted by atomic mass is 10.0. The number of anilines is 1. The first-order valence-electron chi connectivity index (χ1n) is 6.50. The van der Waals surface area contributed by atoms with Gasteiger partial charge in [0.05, 0.1) is 10.6 Å². The smallest absolute Gasteiger partial charge is 0.380 e. The van der Waals surface area contributed by atoms with E-state index in [-0.39, 0.29) is 22.6 Å². The van der Waals surface area contributed by atoms with E-state index in [2.05, 4.69) is 5.32 Å². The summed E-state index contributed by atoms with van der Waals surface area (Å²) < 4.78 is 61.5. The molecule has 0 saturated heterocycles. The van der Waals surface area contributed by atoms with E-state index in [4.69, 9.17) is 0 Å². The van der Waals surface area contributed by atoms with E-state index in [1.165, 1.54) is 18.2 Å². The third kappa shape index (κ3) is 2.31. The number of para-hydroxylation sites is 1. The van der Waals surface area contributed by atoms with Crippen molar-refractivity contribution < 1.29 is 21.6 Å². The first-order valence-corrected chi connectivity index (χ1v) is 7.99. The Morgan fingerprint density at radius 2 is 1.52 bits per heavy atom. The van der Waals surface area contributed by atoms with Crippen LogP contribution in [0.4, 0.5) is 18.9 Å². The van der Waals surface area contributed by atoms with Crippen LogP contribution in [0.3, 0.4) is 0 Å². The van der Waals surface area contributed by atoms with Crippen LogP contribution in [0.5, 0.6) is 0 Å². The molecule has 0 aromatic heterocycles. The average Bonchev–Trinajstić information content (AvgIpc) is 2.71. The normalized spacial score (nSPS) is 21.1. The Balaban J connectivity index is 2.41. The molecule has 1 saturated carbocycles. The van der Waals surface area contributed by atoms with Gasteiger partial charge in [-0.15, -0.1) is 0 Å². The van der Waals surface area contributed by atoms with Gasteiger partial charge in [-0.2, -0.15) is 13.2 Å². The van der Waals surface area contributed by atoms with E-state index in [9.17, 15) is 21.6 Å². The van der Waals surface area contributed by atoms with Crippen LogP contribution in [-0.2, 0) is 9.84 Å². The molecule has 118 valence electrons. The molecule has 1 N–H and O–H groups in total. The van der Waals surface area contributed by atoms with Gasteiger partial charge in [-0.1, -0.05) is 39.8 Å². The van der Waals surface area contributed by atoms with Crippen molar-refractivity contribution in [2.24, 2.45) is 10.8 Å². The maximum atomic E-state index is 12.7. The van der Waals surface area contributed by atoms with Crippen LogP contribution in [-0.4, -0.2) is 20.0 Å². The molecule has 0 bridgehead atoms. The van der Waals surface area contributed by atoms with E-state index >= 15 is 0 Å². The molecule has 0 amide bonds. The highest BCUT2D eigenvalue weighted by atomic mass is 32.2. The third-order valence-electron chi connectivity index (χ3n) is 4.80. The van der Waals surface area contributed by atoms with Crippen molar-refractivity contribution in [2.75, 3.05) is 5.32 Å². The van der Waals surface area contributed by atoms with Crippen LogP contribution in [0.15, 0.2) is 29.2 Å². The molecule has 1 fully saturated rings. The van der Waals surface area contributed by atoms with Gasteiger partial charge in [0.1, 0.15) is 0 Å². The monoisotopic (exact) mass is 321 g/mol. The largest absolute Gasteiger partial charge is 0.501 e. The fraction of sp³-hybridized carbons (Fsp3) is 0.571. The standard InChI is InChI=1S/C14H18F3NO2S/c1-12(2)11(13(12,3)4)18-9-7-5-6-8-10(9)21(19,20)14(15,16)17/h5-8,11,18H,1-4H3. The van der Waals surface area contributed by atoms with Crippen molar-refractivity contribution in [1.29, 1.82) is 0 Å². The van der Waals surface area contributed by atoms with Crippen LogP contribution >= 0.6 is 0 Å². The molecule has 1 aliphatic rings. The van der Waals surface area contributed by atoms with Gasteiger partial charge in [-0.05, 0) is 23.0 Å². The van der Waals surface area contributed by atoms with Crippen molar-refractivity contribution >= 4 is 15.5 Å². The molecule has 1 aromatic rings. The summed E-state index contributed by atoms with van der Waals surface area (Å²) in [6.45, 7) is 7.97. The van der Waals surface area contributed by atoms with E-state index in [0.29, 0.717) is 0 Å². The second-order valence-corrected chi connectivity index (χ2v) is 8.38. The Kier molecular flexibility index (Phi) is 3.36. The molecular formula is C14H18F3NO2S.